The molecule has 0 N–H and O–H groups in total. The van der Waals surface area contributed by atoms with Crippen LogP contribution in [-0.4, -0.2) is 37.6 Å². The lowest BCUT2D eigenvalue weighted by Gasteiger charge is -2.11. The van der Waals surface area contributed by atoms with E-state index < -0.39 is 5.78 Å². The van der Waals surface area contributed by atoms with Crippen LogP contribution in [0.4, 0.5) is 0 Å². The Morgan fingerprint density at radius 2 is 2.00 bits per heavy atom. The largest absolute Gasteiger partial charge is 0.497 e. The van der Waals surface area contributed by atoms with Crippen LogP contribution in [0.3, 0.4) is 0 Å². The predicted molar refractivity (Wildman–Crippen MR) is 128 cm³/mol. The van der Waals surface area contributed by atoms with Crippen LogP contribution in [-0.2, 0) is 6.54 Å². The third kappa shape index (κ3) is 3.91. The summed E-state index contributed by atoms with van der Waals surface area (Å²) in [6.07, 6.45) is 4.55. The van der Waals surface area contributed by atoms with E-state index in [-0.39, 0.29) is 11.7 Å². The van der Waals surface area contributed by atoms with Crippen LogP contribution in [0, 0.1) is 6.92 Å². The molecule has 0 fully saturated rings. The molecule has 5 aromatic rings. The molecular formula is C24H17Cl2N5O3. The van der Waals surface area contributed by atoms with Crippen LogP contribution in [0.25, 0.3) is 22.4 Å². The third-order valence-electron chi connectivity index (χ3n) is 5.51. The van der Waals surface area contributed by atoms with Gasteiger partial charge in [0.1, 0.15) is 11.4 Å². The number of hydrogen-bond donors (Lipinski definition) is 0. The van der Waals surface area contributed by atoms with Crippen LogP contribution >= 0.6 is 23.2 Å². The Bertz CT molecular complexity index is 1530. The zero-order valence-corrected chi connectivity index (χ0v) is 19.6. The summed E-state index contributed by atoms with van der Waals surface area (Å²) in [4.78, 5) is 26.0. The Hall–Kier alpha value is -3.75. The molecule has 3 heterocycles. The second-order valence-corrected chi connectivity index (χ2v) is 8.35. The molecule has 0 radical (unpaired) electrons. The average molecular weight is 494 g/mol. The van der Waals surface area contributed by atoms with Crippen molar-refractivity contribution in [2.45, 2.75) is 13.5 Å². The number of hydrogen-bond acceptors (Lipinski definition) is 7. The molecule has 3 aromatic heterocycles. The first kappa shape index (κ1) is 22.1. The Morgan fingerprint density at radius 1 is 1.15 bits per heavy atom. The molecule has 2 aromatic carbocycles. The van der Waals surface area contributed by atoms with Crippen LogP contribution in [0.1, 0.15) is 27.5 Å². The van der Waals surface area contributed by atoms with Crippen molar-refractivity contribution in [2.75, 3.05) is 7.11 Å². The van der Waals surface area contributed by atoms with Crippen molar-refractivity contribution < 1.29 is 14.1 Å². The lowest BCUT2D eigenvalue weighted by Crippen LogP contribution is -2.07. The van der Waals surface area contributed by atoms with Crippen LogP contribution in [0.5, 0.6) is 5.75 Å². The van der Waals surface area contributed by atoms with Crippen molar-refractivity contribution in [1.29, 1.82) is 0 Å². The van der Waals surface area contributed by atoms with Crippen molar-refractivity contribution in [2.24, 2.45) is 0 Å². The van der Waals surface area contributed by atoms with Gasteiger partial charge in [-0.2, -0.15) is 4.98 Å². The first-order valence-electron chi connectivity index (χ1n) is 10.2. The molecule has 10 heteroatoms. The summed E-state index contributed by atoms with van der Waals surface area (Å²) in [6.45, 7) is 2.30. The molecule has 0 saturated heterocycles. The SMILES string of the molecule is COc1ccc2c(c1)c(C(=O)c1nc(-c3cnccn3)no1)c(C)n2Cc1ccc(Cl)cc1Cl. The zero-order chi connectivity index (χ0) is 23.8. The van der Waals surface area contributed by atoms with Gasteiger partial charge in [-0.1, -0.05) is 34.4 Å². The molecule has 5 rings (SSSR count). The minimum Gasteiger partial charge on any atom is -0.497 e. The summed E-state index contributed by atoms with van der Waals surface area (Å²) in [5, 5.41) is 5.70. The Labute approximate surface area is 204 Å². The van der Waals surface area contributed by atoms with E-state index in [0.717, 1.165) is 16.8 Å². The second kappa shape index (κ2) is 8.89. The van der Waals surface area contributed by atoms with Gasteiger partial charge in [0.2, 0.25) is 5.82 Å². The van der Waals surface area contributed by atoms with E-state index in [9.17, 15) is 4.79 Å². The molecule has 8 nitrogen and oxygen atoms in total. The fourth-order valence-electron chi connectivity index (χ4n) is 3.84. The molecule has 34 heavy (non-hydrogen) atoms. The van der Waals surface area contributed by atoms with Crippen molar-refractivity contribution in [3.8, 4) is 17.3 Å². The summed E-state index contributed by atoms with van der Waals surface area (Å²) in [6, 6.07) is 10.9. The summed E-state index contributed by atoms with van der Waals surface area (Å²) in [7, 11) is 1.57. The van der Waals surface area contributed by atoms with Gasteiger partial charge >= 0.3 is 0 Å². The lowest BCUT2D eigenvalue weighted by molar-refractivity contribution is 0.0994. The van der Waals surface area contributed by atoms with Gasteiger partial charge in [-0.15, -0.1) is 0 Å². The molecule has 0 spiro atoms. The second-order valence-electron chi connectivity index (χ2n) is 7.51. The summed E-state index contributed by atoms with van der Waals surface area (Å²) < 4.78 is 12.7. The van der Waals surface area contributed by atoms with Crippen molar-refractivity contribution in [3.05, 3.63) is 87.7 Å². The van der Waals surface area contributed by atoms with Gasteiger partial charge in [0, 0.05) is 45.6 Å². The summed E-state index contributed by atoms with van der Waals surface area (Å²) in [5.74, 6) is 0.256. The van der Waals surface area contributed by atoms with Gasteiger partial charge in [-0.25, -0.2) is 4.98 Å². The maximum Gasteiger partial charge on any atom is 0.299 e. The number of benzene rings is 2. The number of ketones is 1. The van der Waals surface area contributed by atoms with E-state index in [1.165, 1.54) is 18.6 Å². The molecule has 0 bridgehead atoms. The van der Waals surface area contributed by atoms with E-state index in [4.69, 9.17) is 32.5 Å². The van der Waals surface area contributed by atoms with Gasteiger partial charge in [0.15, 0.2) is 0 Å². The Morgan fingerprint density at radius 3 is 2.74 bits per heavy atom. The Balaban J connectivity index is 1.62. The maximum atomic E-state index is 13.6. The summed E-state index contributed by atoms with van der Waals surface area (Å²) >= 11 is 12.5. The number of carbonyl (C=O) groups excluding carboxylic acids is 1. The highest BCUT2D eigenvalue weighted by Crippen LogP contribution is 2.33. The van der Waals surface area contributed by atoms with Crippen molar-refractivity contribution in [1.82, 2.24) is 24.7 Å². The lowest BCUT2D eigenvalue weighted by atomic mass is 10.1. The molecule has 0 saturated carbocycles. The monoisotopic (exact) mass is 493 g/mol. The fraction of sp³-hybridized carbons (Fsp3) is 0.125. The van der Waals surface area contributed by atoms with E-state index in [1.54, 1.807) is 19.2 Å². The van der Waals surface area contributed by atoms with E-state index in [1.807, 2.05) is 35.8 Å². The molecule has 0 aliphatic carbocycles. The minimum absolute atomic E-state index is 0.143. The summed E-state index contributed by atoms with van der Waals surface area (Å²) in [5.41, 5.74) is 3.26. The molecular weight excluding hydrogens is 477 g/mol. The molecule has 170 valence electrons. The van der Waals surface area contributed by atoms with Crippen LogP contribution in [0.15, 0.2) is 59.5 Å². The molecule has 0 aliphatic rings. The number of aromatic nitrogens is 5. The third-order valence-corrected chi connectivity index (χ3v) is 6.10. The highest BCUT2D eigenvalue weighted by atomic mass is 35.5. The Kier molecular flexibility index (Phi) is 5.77. The van der Waals surface area contributed by atoms with Crippen LogP contribution in [0.2, 0.25) is 10.0 Å². The van der Waals surface area contributed by atoms with Crippen molar-refractivity contribution >= 4 is 39.9 Å². The van der Waals surface area contributed by atoms with Crippen molar-refractivity contribution in [3.63, 3.8) is 0 Å². The molecule has 0 aliphatic heterocycles. The molecule has 0 atom stereocenters. The number of rotatable bonds is 6. The number of methoxy groups -OCH3 is 1. The zero-order valence-electron chi connectivity index (χ0n) is 18.1. The van der Waals surface area contributed by atoms with Crippen LogP contribution < -0.4 is 4.74 Å². The standard InChI is InChI=1S/C24H17Cl2N5O3/c1-13-21(22(32)24-29-23(30-34-24)19-11-27-7-8-28-19)17-10-16(33-2)5-6-20(17)31(13)12-14-3-4-15(25)9-18(14)26/h3-11H,12H2,1-2H3. The van der Waals surface area contributed by atoms with Gasteiger partial charge in [0.25, 0.3) is 11.7 Å². The normalized spacial score (nSPS) is 11.2. The molecule has 0 amide bonds. The van der Waals surface area contributed by atoms with E-state index in [0.29, 0.717) is 39.0 Å². The number of carbonyl (C=O) groups is 1. The minimum atomic E-state index is -0.403. The topological polar surface area (TPSA) is 95.9 Å². The maximum absolute atomic E-state index is 13.6. The quantitative estimate of drug-likeness (QED) is 0.292. The fourth-order valence-corrected chi connectivity index (χ4v) is 4.31. The number of halogens is 2. The van der Waals surface area contributed by atoms with E-state index >= 15 is 0 Å². The highest BCUT2D eigenvalue weighted by molar-refractivity contribution is 6.35. The van der Waals surface area contributed by atoms with Gasteiger partial charge in [0.05, 0.1) is 18.9 Å². The number of ether oxygens (including phenoxy) is 1. The predicted octanol–water partition coefficient (Wildman–Crippen LogP) is 5.38. The first-order valence-corrected chi connectivity index (χ1v) is 11.0. The first-order chi connectivity index (χ1) is 16.5. The van der Waals surface area contributed by atoms with E-state index in [2.05, 4.69) is 20.1 Å². The highest BCUT2D eigenvalue weighted by Gasteiger charge is 2.26. The molecule has 0 unspecified atom stereocenters. The smallest absolute Gasteiger partial charge is 0.299 e. The van der Waals surface area contributed by atoms with Gasteiger partial charge in [-0.3, -0.25) is 9.78 Å². The van der Waals surface area contributed by atoms with Gasteiger partial charge in [-0.05, 0) is 42.8 Å². The number of nitrogens with zero attached hydrogens (tertiary/aromatic N) is 5. The average Bonchev–Trinajstić information content (AvgIpc) is 3.44. The number of fused-ring (bicyclic) bond motifs is 1. The van der Waals surface area contributed by atoms with Gasteiger partial charge < -0.3 is 13.8 Å².